The Morgan fingerprint density at radius 3 is 2.57 bits per heavy atom. The van der Waals surface area contributed by atoms with E-state index in [0.717, 1.165) is 5.76 Å². The lowest BCUT2D eigenvalue weighted by Crippen LogP contribution is -2.30. The molecule has 1 aromatic carbocycles. The van der Waals surface area contributed by atoms with E-state index in [1.54, 1.807) is 38.1 Å². The minimum Gasteiger partial charge on any atom is -0.463 e. The Kier molecular flexibility index (Phi) is 3.99. The van der Waals surface area contributed by atoms with E-state index in [1.165, 1.54) is 6.07 Å². The Morgan fingerprint density at radius 1 is 1.33 bits per heavy atom. The predicted molar refractivity (Wildman–Crippen MR) is 79.3 cm³/mol. The largest absolute Gasteiger partial charge is 0.463 e. The minimum absolute atomic E-state index is 0.0777. The van der Waals surface area contributed by atoms with Gasteiger partial charge in [0.05, 0.1) is 11.5 Å². The van der Waals surface area contributed by atoms with Crippen LogP contribution in [0.5, 0.6) is 0 Å². The maximum atomic E-state index is 10.8. The predicted octanol–water partition coefficient (Wildman–Crippen LogP) is 3.12. The summed E-state index contributed by atoms with van der Waals surface area (Å²) in [6.45, 7) is 5.37. The first-order valence-electron chi connectivity index (χ1n) is 6.58. The standard InChI is InChI=1S/C15H18N2O4/c1-10-8-12(5-6-13(10)17(19)20)16-9-15(3,18)14-7-4-11(2)21-14/h4-8,16,18H,9H2,1-3H3. The van der Waals surface area contributed by atoms with Crippen molar-refractivity contribution in [1.29, 1.82) is 0 Å². The van der Waals surface area contributed by atoms with Gasteiger partial charge in [0.1, 0.15) is 17.1 Å². The summed E-state index contributed by atoms with van der Waals surface area (Å²) in [4.78, 5) is 10.4. The van der Waals surface area contributed by atoms with Gasteiger partial charge in [-0.2, -0.15) is 0 Å². The third kappa shape index (κ3) is 3.41. The molecule has 0 spiro atoms. The number of aryl methyl sites for hydroxylation is 2. The van der Waals surface area contributed by atoms with E-state index in [2.05, 4.69) is 5.32 Å². The lowest BCUT2D eigenvalue weighted by molar-refractivity contribution is -0.385. The fraction of sp³-hybridized carbons (Fsp3) is 0.333. The second-order valence-corrected chi connectivity index (χ2v) is 5.30. The summed E-state index contributed by atoms with van der Waals surface area (Å²) in [6.07, 6.45) is 0. The number of nitrogens with zero attached hydrogens (tertiary/aromatic N) is 1. The number of hydrogen-bond acceptors (Lipinski definition) is 5. The van der Waals surface area contributed by atoms with Gasteiger partial charge < -0.3 is 14.8 Å². The fourth-order valence-electron chi connectivity index (χ4n) is 2.06. The molecule has 112 valence electrons. The van der Waals surface area contributed by atoms with E-state index < -0.39 is 10.5 Å². The van der Waals surface area contributed by atoms with E-state index in [0.29, 0.717) is 17.0 Å². The van der Waals surface area contributed by atoms with Crippen LogP contribution >= 0.6 is 0 Å². The van der Waals surface area contributed by atoms with Crippen molar-refractivity contribution < 1.29 is 14.4 Å². The van der Waals surface area contributed by atoms with E-state index in [4.69, 9.17) is 4.42 Å². The SMILES string of the molecule is Cc1ccc(C(C)(O)CNc2ccc([N+](=O)[O-])c(C)c2)o1. The van der Waals surface area contributed by atoms with Gasteiger partial charge in [-0.05, 0) is 45.0 Å². The van der Waals surface area contributed by atoms with Crippen LogP contribution in [0.4, 0.5) is 11.4 Å². The number of aliphatic hydroxyl groups is 1. The number of anilines is 1. The first-order valence-corrected chi connectivity index (χ1v) is 6.58. The molecule has 0 aliphatic rings. The number of rotatable bonds is 5. The number of hydrogen-bond donors (Lipinski definition) is 2. The van der Waals surface area contributed by atoms with Crippen LogP contribution in [-0.4, -0.2) is 16.6 Å². The number of nitro groups is 1. The third-order valence-electron chi connectivity index (χ3n) is 3.30. The van der Waals surface area contributed by atoms with E-state index in [9.17, 15) is 15.2 Å². The molecule has 2 N–H and O–H groups in total. The zero-order valence-electron chi connectivity index (χ0n) is 12.2. The van der Waals surface area contributed by atoms with Gasteiger partial charge in [0.25, 0.3) is 5.69 Å². The topological polar surface area (TPSA) is 88.5 Å². The zero-order valence-corrected chi connectivity index (χ0v) is 12.2. The summed E-state index contributed by atoms with van der Waals surface area (Å²) in [5.41, 5.74) is 0.193. The first-order chi connectivity index (χ1) is 9.79. The van der Waals surface area contributed by atoms with Crippen molar-refractivity contribution in [3.63, 3.8) is 0 Å². The molecule has 1 heterocycles. The summed E-state index contributed by atoms with van der Waals surface area (Å²) >= 11 is 0. The molecule has 21 heavy (non-hydrogen) atoms. The minimum atomic E-state index is -1.16. The highest BCUT2D eigenvalue weighted by molar-refractivity contribution is 5.53. The second kappa shape index (κ2) is 5.57. The van der Waals surface area contributed by atoms with Crippen molar-refractivity contribution in [1.82, 2.24) is 0 Å². The summed E-state index contributed by atoms with van der Waals surface area (Å²) < 4.78 is 5.43. The number of nitrogens with one attached hydrogen (secondary N) is 1. The molecule has 2 aromatic rings. The summed E-state index contributed by atoms with van der Waals surface area (Å²) in [6, 6.07) is 8.28. The normalized spacial score (nSPS) is 13.7. The second-order valence-electron chi connectivity index (χ2n) is 5.30. The van der Waals surface area contributed by atoms with Gasteiger partial charge in [-0.1, -0.05) is 0 Å². The van der Waals surface area contributed by atoms with Crippen LogP contribution < -0.4 is 5.32 Å². The van der Waals surface area contributed by atoms with Crippen molar-refractivity contribution in [3.05, 3.63) is 57.5 Å². The molecular formula is C15H18N2O4. The molecule has 6 heteroatoms. The molecule has 0 aliphatic heterocycles. The van der Waals surface area contributed by atoms with Gasteiger partial charge in [-0.15, -0.1) is 0 Å². The van der Waals surface area contributed by atoms with Gasteiger partial charge in [0.2, 0.25) is 0 Å². The maximum absolute atomic E-state index is 10.8. The number of benzene rings is 1. The lowest BCUT2D eigenvalue weighted by atomic mass is 10.0. The molecule has 0 saturated carbocycles. The molecule has 0 fully saturated rings. The highest BCUT2D eigenvalue weighted by atomic mass is 16.6. The van der Waals surface area contributed by atoms with Gasteiger partial charge in [-0.25, -0.2) is 0 Å². The zero-order chi connectivity index (χ0) is 15.6. The molecule has 0 radical (unpaired) electrons. The van der Waals surface area contributed by atoms with E-state index in [1.807, 2.05) is 6.92 Å². The molecule has 1 aromatic heterocycles. The van der Waals surface area contributed by atoms with Crippen LogP contribution in [0.15, 0.2) is 34.7 Å². The van der Waals surface area contributed by atoms with Crippen LogP contribution in [0.1, 0.15) is 24.0 Å². The number of nitro benzene ring substituents is 1. The Bertz CT molecular complexity index is 661. The van der Waals surface area contributed by atoms with Crippen molar-refractivity contribution in [2.45, 2.75) is 26.4 Å². The van der Waals surface area contributed by atoms with Crippen molar-refractivity contribution >= 4 is 11.4 Å². The van der Waals surface area contributed by atoms with Crippen LogP contribution in [0.3, 0.4) is 0 Å². The van der Waals surface area contributed by atoms with Gasteiger partial charge in [0, 0.05) is 17.3 Å². The van der Waals surface area contributed by atoms with Crippen LogP contribution in [0, 0.1) is 24.0 Å². The molecule has 0 amide bonds. The van der Waals surface area contributed by atoms with Crippen molar-refractivity contribution in [3.8, 4) is 0 Å². The van der Waals surface area contributed by atoms with Crippen LogP contribution in [0.2, 0.25) is 0 Å². The molecular weight excluding hydrogens is 272 g/mol. The average Bonchev–Trinajstić information content (AvgIpc) is 2.84. The van der Waals surface area contributed by atoms with Crippen molar-refractivity contribution in [2.75, 3.05) is 11.9 Å². The fourth-order valence-corrected chi connectivity index (χ4v) is 2.06. The molecule has 2 rings (SSSR count). The molecule has 0 bridgehead atoms. The Balaban J connectivity index is 2.09. The Morgan fingerprint density at radius 2 is 2.05 bits per heavy atom. The highest BCUT2D eigenvalue weighted by Crippen LogP contribution is 2.25. The Labute approximate surface area is 122 Å². The monoisotopic (exact) mass is 290 g/mol. The van der Waals surface area contributed by atoms with Crippen LogP contribution in [-0.2, 0) is 5.60 Å². The van der Waals surface area contributed by atoms with E-state index >= 15 is 0 Å². The summed E-state index contributed by atoms with van der Waals surface area (Å²) in [5.74, 6) is 1.21. The quantitative estimate of drug-likeness (QED) is 0.652. The summed E-state index contributed by atoms with van der Waals surface area (Å²) in [7, 11) is 0. The molecule has 1 atom stereocenters. The highest BCUT2D eigenvalue weighted by Gasteiger charge is 2.26. The Hall–Kier alpha value is -2.34. The number of furan rings is 1. The lowest BCUT2D eigenvalue weighted by Gasteiger charge is -2.22. The van der Waals surface area contributed by atoms with Gasteiger partial charge in [0.15, 0.2) is 0 Å². The maximum Gasteiger partial charge on any atom is 0.272 e. The molecule has 6 nitrogen and oxygen atoms in total. The first kappa shape index (κ1) is 15.1. The van der Waals surface area contributed by atoms with E-state index in [-0.39, 0.29) is 12.2 Å². The van der Waals surface area contributed by atoms with Crippen molar-refractivity contribution in [2.24, 2.45) is 0 Å². The molecule has 0 aliphatic carbocycles. The average molecular weight is 290 g/mol. The van der Waals surface area contributed by atoms with Gasteiger partial charge in [-0.3, -0.25) is 10.1 Å². The molecule has 1 unspecified atom stereocenters. The molecule has 0 saturated heterocycles. The smallest absolute Gasteiger partial charge is 0.272 e. The van der Waals surface area contributed by atoms with Crippen LogP contribution in [0.25, 0.3) is 0 Å². The summed E-state index contributed by atoms with van der Waals surface area (Å²) in [5, 5.41) is 24.2. The third-order valence-corrected chi connectivity index (χ3v) is 3.30. The van der Waals surface area contributed by atoms with Gasteiger partial charge >= 0.3 is 0 Å².